The van der Waals surface area contributed by atoms with E-state index in [2.05, 4.69) is 46.6 Å². The van der Waals surface area contributed by atoms with Crippen molar-refractivity contribution in [3.63, 3.8) is 0 Å². The molecule has 0 unspecified atom stereocenters. The Balaban J connectivity index is 1.75. The normalized spacial score (nSPS) is 14.8. The van der Waals surface area contributed by atoms with Crippen LogP contribution in [0.5, 0.6) is 0 Å². The predicted molar refractivity (Wildman–Crippen MR) is 108 cm³/mol. The van der Waals surface area contributed by atoms with Gasteiger partial charge >= 0.3 is 0 Å². The third kappa shape index (κ3) is 3.67. The number of benzene rings is 1. The van der Waals surface area contributed by atoms with Crippen molar-refractivity contribution in [3.8, 4) is 16.9 Å². The van der Waals surface area contributed by atoms with Gasteiger partial charge in [0.2, 0.25) is 0 Å². The zero-order valence-electron chi connectivity index (χ0n) is 16.4. The molecular weight excluding hydrogens is 350 g/mol. The van der Waals surface area contributed by atoms with Crippen LogP contribution in [0.1, 0.15) is 53.7 Å². The molecule has 4 rings (SSSR count). The Morgan fingerprint density at radius 3 is 2.50 bits per heavy atom. The Morgan fingerprint density at radius 1 is 1.04 bits per heavy atom. The number of aryl methyl sites for hydroxylation is 2. The van der Waals surface area contributed by atoms with Crippen LogP contribution in [0, 0.1) is 13.8 Å². The first-order valence-electron chi connectivity index (χ1n) is 9.88. The van der Waals surface area contributed by atoms with Crippen molar-refractivity contribution in [3.05, 3.63) is 59.5 Å². The minimum Gasteiger partial charge on any atom is -0.348 e. The van der Waals surface area contributed by atoms with Crippen LogP contribution in [0.25, 0.3) is 16.9 Å². The molecule has 0 saturated heterocycles. The monoisotopic (exact) mass is 375 g/mol. The lowest BCUT2D eigenvalue weighted by molar-refractivity contribution is 0.0923. The highest BCUT2D eigenvalue weighted by molar-refractivity contribution is 5.98. The number of amides is 1. The first kappa shape index (κ1) is 18.3. The SMILES string of the molecule is Cc1ccc(-n2nnc(C(=O)NC3CCCCC3)c2-c2ccncc2)cc1C. The van der Waals surface area contributed by atoms with Gasteiger partial charge in [-0.2, -0.15) is 0 Å². The zero-order valence-corrected chi connectivity index (χ0v) is 16.4. The molecule has 28 heavy (non-hydrogen) atoms. The molecule has 6 nitrogen and oxygen atoms in total. The molecule has 2 heterocycles. The summed E-state index contributed by atoms with van der Waals surface area (Å²) in [6.45, 7) is 4.14. The second kappa shape index (κ2) is 7.92. The Kier molecular flexibility index (Phi) is 5.19. The molecule has 1 aliphatic carbocycles. The van der Waals surface area contributed by atoms with E-state index >= 15 is 0 Å². The smallest absolute Gasteiger partial charge is 0.274 e. The maximum atomic E-state index is 13.0. The maximum absolute atomic E-state index is 13.0. The molecule has 0 aliphatic heterocycles. The molecule has 1 amide bonds. The number of rotatable bonds is 4. The molecule has 1 saturated carbocycles. The molecule has 144 valence electrons. The van der Waals surface area contributed by atoms with Gasteiger partial charge in [-0.1, -0.05) is 30.5 Å². The average molecular weight is 375 g/mol. The van der Waals surface area contributed by atoms with Crippen LogP contribution in [0.4, 0.5) is 0 Å². The second-order valence-electron chi connectivity index (χ2n) is 7.51. The molecule has 1 N–H and O–H groups in total. The summed E-state index contributed by atoms with van der Waals surface area (Å²) in [5.74, 6) is -0.159. The van der Waals surface area contributed by atoms with Crippen LogP contribution >= 0.6 is 0 Å². The van der Waals surface area contributed by atoms with Gasteiger partial charge in [-0.25, -0.2) is 4.68 Å². The van der Waals surface area contributed by atoms with Crippen LogP contribution in [0.2, 0.25) is 0 Å². The third-order valence-electron chi connectivity index (χ3n) is 5.51. The minimum atomic E-state index is -0.159. The first-order chi connectivity index (χ1) is 13.6. The molecular formula is C22H25N5O. The van der Waals surface area contributed by atoms with Gasteiger partial charge in [0.15, 0.2) is 5.69 Å². The molecule has 0 bridgehead atoms. The van der Waals surface area contributed by atoms with Crippen LogP contribution in [0.3, 0.4) is 0 Å². The predicted octanol–water partition coefficient (Wildman–Crippen LogP) is 4.01. The fourth-order valence-corrected chi connectivity index (χ4v) is 3.74. The summed E-state index contributed by atoms with van der Waals surface area (Å²) in [7, 11) is 0. The highest BCUT2D eigenvalue weighted by Gasteiger charge is 2.25. The lowest BCUT2D eigenvalue weighted by Crippen LogP contribution is -2.36. The Labute approximate surface area is 165 Å². The fourth-order valence-electron chi connectivity index (χ4n) is 3.74. The minimum absolute atomic E-state index is 0.159. The zero-order chi connectivity index (χ0) is 19.5. The van der Waals surface area contributed by atoms with E-state index in [1.54, 1.807) is 17.1 Å². The number of nitrogens with zero attached hydrogens (tertiary/aromatic N) is 4. The number of nitrogens with one attached hydrogen (secondary N) is 1. The van der Waals surface area contributed by atoms with Crippen molar-refractivity contribution < 1.29 is 4.79 Å². The van der Waals surface area contributed by atoms with Gasteiger partial charge in [-0.3, -0.25) is 9.78 Å². The van der Waals surface area contributed by atoms with E-state index < -0.39 is 0 Å². The summed E-state index contributed by atoms with van der Waals surface area (Å²) in [5.41, 5.74) is 5.19. The standard InChI is InChI=1S/C22H25N5O/c1-15-8-9-19(14-16(15)2)27-21(17-10-12-23-13-11-17)20(25-26-27)22(28)24-18-6-4-3-5-7-18/h8-14,18H,3-7H2,1-2H3,(H,24,28). The topological polar surface area (TPSA) is 72.7 Å². The van der Waals surface area contributed by atoms with Crippen LogP contribution in [-0.4, -0.2) is 31.9 Å². The van der Waals surface area contributed by atoms with E-state index in [1.165, 1.54) is 17.5 Å². The first-order valence-corrected chi connectivity index (χ1v) is 9.88. The maximum Gasteiger partial charge on any atom is 0.274 e. The molecule has 0 spiro atoms. The number of hydrogen-bond acceptors (Lipinski definition) is 4. The quantitative estimate of drug-likeness (QED) is 0.748. The van der Waals surface area contributed by atoms with Crippen molar-refractivity contribution in [2.45, 2.75) is 52.0 Å². The van der Waals surface area contributed by atoms with Crippen molar-refractivity contribution in [1.82, 2.24) is 25.3 Å². The van der Waals surface area contributed by atoms with Gasteiger partial charge in [-0.15, -0.1) is 5.10 Å². The van der Waals surface area contributed by atoms with Crippen molar-refractivity contribution >= 4 is 5.91 Å². The highest BCUT2D eigenvalue weighted by atomic mass is 16.2. The Bertz CT molecular complexity index is 974. The fraction of sp³-hybridized carbons (Fsp3) is 0.364. The van der Waals surface area contributed by atoms with Crippen molar-refractivity contribution in [2.75, 3.05) is 0 Å². The molecule has 1 aliphatic rings. The molecule has 0 radical (unpaired) electrons. The van der Waals surface area contributed by atoms with Gasteiger partial charge in [0, 0.05) is 24.0 Å². The molecule has 3 aromatic rings. The van der Waals surface area contributed by atoms with Crippen molar-refractivity contribution in [2.24, 2.45) is 0 Å². The van der Waals surface area contributed by atoms with Crippen molar-refractivity contribution in [1.29, 1.82) is 0 Å². The molecule has 0 atom stereocenters. The van der Waals surface area contributed by atoms with E-state index in [4.69, 9.17) is 0 Å². The molecule has 1 aromatic carbocycles. The highest BCUT2D eigenvalue weighted by Crippen LogP contribution is 2.26. The van der Waals surface area contributed by atoms with Gasteiger partial charge < -0.3 is 5.32 Å². The largest absolute Gasteiger partial charge is 0.348 e. The lowest BCUT2D eigenvalue weighted by Gasteiger charge is -2.22. The van der Waals surface area contributed by atoms with E-state index in [-0.39, 0.29) is 11.9 Å². The van der Waals surface area contributed by atoms with E-state index in [0.29, 0.717) is 11.4 Å². The van der Waals surface area contributed by atoms with E-state index in [0.717, 1.165) is 36.9 Å². The number of pyridine rings is 1. The number of carbonyl (C=O) groups is 1. The van der Waals surface area contributed by atoms with Gasteiger partial charge in [0.05, 0.1) is 5.69 Å². The van der Waals surface area contributed by atoms with E-state index in [9.17, 15) is 4.79 Å². The number of carbonyl (C=O) groups excluding carboxylic acids is 1. The molecule has 2 aromatic heterocycles. The summed E-state index contributed by atoms with van der Waals surface area (Å²) in [5, 5.41) is 11.8. The third-order valence-corrected chi connectivity index (χ3v) is 5.51. The van der Waals surface area contributed by atoms with Gasteiger partial charge in [-0.05, 0) is 62.1 Å². The molecule has 6 heteroatoms. The summed E-state index contributed by atoms with van der Waals surface area (Å²) >= 11 is 0. The average Bonchev–Trinajstić information content (AvgIpc) is 3.17. The lowest BCUT2D eigenvalue weighted by atomic mass is 9.95. The summed E-state index contributed by atoms with van der Waals surface area (Å²) < 4.78 is 1.75. The van der Waals surface area contributed by atoms with Crippen LogP contribution < -0.4 is 5.32 Å². The van der Waals surface area contributed by atoms with Crippen LogP contribution in [0.15, 0.2) is 42.7 Å². The van der Waals surface area contributed by atoms with Gasteiger partial charge in [0.1, 0.15) is 5.69 Å². The van der Waals surface area contributed by atoms with E-state index in [1.807, 2.05) is 18.2 Å². The summed E-state index contributed by atoms with van der Waals surface area (Å²) in [4.78, 5) is 17.1. The second-order valence-corrected chi connectivity index (χ2v) is 7.51. The Morgan fingerprint density at radius 2 is 1.79 bits per heavy atom. The Hall–Kier alpha value is -3.02. The summed E-state index contributed by atoms with van der Waals surface area (Å²) in [6.07, 6.45) is 9.07. The summed E-state index contributed by atoms with van der Waals surface area (Å²) in [6, 6.07) is 10.1. The number of hydrogen-bond donors (Lipinski definition) is 1. The van der Waals surface area contributed by atoms with Crippen LogP contribution in [-0.2, 0) is 0 Å². The van der Waals surface area contributed by atoms with Gasteiger partial charge in [0.25, 0.3) is 5.91 Å². The molecule has 1 fully saturated rings. The number of aromatic nitrogens is 4.